The molecular formula is C11H14N2. The third kappa shape index (κ3) is 1.89. The van der Waals surface area contributed by atoms with E-state index in [0.717, 1.165) is 11.3 Å². The Labute approximate surface area is 78.5 Å². The molecule has 0 spiro atoms. The Hall–Kier alpha value is -1.31. The Kier molecular flexibility index (Phi) is 2.05. The third-order valence-corrected chi connectivity index (χ3v) is 2.30. The quantitative estimate of drug-likeness (QED) is 0.679. The minimum Gasteiger partial charge on any atom is -0.382 e. The zero-order valence-corrected chi connectivity index (χ0v) is 7.80. The molecule has 1 aromatic carbocycles. The third-order valence-electron chi connectivity index (χ3n) is 2.30. The van der Waals surface area contributed by atoms with Crippen molar-refractivity contribution in [1.29, 1.82) is 5.41 Å². The molecule has 1 aromatic rings. The standard InChI is InChI=1S/C11H14N2/c1-8-2-5-11(9(6-8)7-12)13-10-3-4-10/h2,5-7,10,12-13H,3-4H2,1H3. The molecule has 0 amide bonds. The van der Waals surface area contributed by atoms with Crippen LogP contribution < -0.4 is 5.32 Å². The first kappa shape index (κ1) is 8.30. The maximum absolute atomic E-state index is 7.28. The van der Waals surface area contributed by atoms with Crippen LogP contribution >= 0.6 is 0 Å². The van der Waals surface area contributed by atoms with Crippen molar-refractivity contribution >= 4 is 11.9 Å². The minimum absolute atomic E-state index is 0.654. The van der Waals surface area contributed by atoms with Gasteiger partial charge >= 0.3 is 0 Å². The molecule has 2 N–H and O–H groups in total. The van der Waals surface area contributed by atoms with Crippen LogP contribution in [0.4, 0.5) is 5.69 Å². The van der Waals surface area contributed by atoms with Gasteiger partial charge in [-0.25, -0.2) is 0 Å². The van der Waals surface area contributed by atoms with Crippen molar-refractivity contribution in [3.63, 3.8) is 0 Å². The van der Waals surface area contributed by atoms with Gasteiger partial charge < -0.3 is 10.7 Å². The molecule has 68 valence electrons. The van der Waals surface area contributed by atoms with Crippen LogP contribution in [0, 0.1) is 12.3 Å². The lowest BCUT2D eigenvalue weighted by atomic mass is 10.1. The van der Waals surface area contributed by atoms with Crippen LogP contribution in [0.5, 0.6) is 0 Å². The normalized spacial score (nSPS) is 15.5. The van der Waals surface area contributed by atoms with Crippen LogP contribution in [-0.2, 0) is 0 Å². The van der Waals surface area contributed by atoms with Crippen molar-refractivity contribution < 1.29 is 0 Å². The zero-order chi connectivity index (χ0) is 9.26. The monoisotopic (exact) mass is 174 g/mol. The molecule has 1 saturated carbocycles. The molecular weight excluding hydrogens is 160 g/mol. The molecule has 1 aliphatic rings. The fourth-order valence-electron chi connectivity index (χ4n) is 1.38. The van der Waals surface area contributed by atoms with Gasteiger partial charge in [0.25, 0.3) is 0 Å². The number of benzene rings is 1. The molecule has 0 aliphatic heterocycles. The topological polar surface area (TPSA) is 35.9 Å². The van der Waals surface area contributed by atoms with Crippen LogP contribution in [0.2, 0.25) is 0 Å². The second kappa shape index (κ2) is 3.21. The lowest BCUT2D eigenvalue weighted by Crippen LogP contribution is -2.03. The maximum atomic E-state index is 7.28. The summed E-state index contributed by atoms with van der Waals surface area (Å²) in [5.74, 6) is 0. The predicted molar refractivity (Wildman–Crippen MR) is 55.7 cm³/mol. The first-order valence-electron chi connectivity index (χ1n) is 4.67. The second-order valence-electron chi connectivity index (χ2n) is 3.65. The number of aryl methyl sites for hydroxylation is 1. The molecule has 13 heavy (non-hydrogen) atoms. The van der Waals surface area contributed by atoms with E-state index >= 15 is 0 Å². The molecule has 2 nitrogen and oxygen atoms in total. The second-order valence-corrected chi connectivity index (χ2v) is 3.65. The molecule has 0 unspecified atom stereocenters. The Morgan fingerprint density at radius 1 is 1.46 bits per heavy atom. The van der Waals surface area contributed by atoms with E-state index in [0.29, 0.717) is 6.04 Å². The Balaban J connectivity index is 2.25. The lowest BCUT2D eigenvalue weighted by molar-refractivity contribution is 1.15. The van der Waals surface area contributed by atoms with E-state index < -0.39 is 0 Å². The number of nitrogens with one attached hydrogen (secondary N) is 2. The molecule has 1 aliphatic carbocycles. The summed E-state index contributed by atoms with van der Waals surface area (Å²) >= 11 is 0. The van der Waals surface area contributed by atoms with Crippen LogP contribution in [0.3, 0.4) is 0 Å². The summed E-state index contributed by atoms with van der Waals surface area (Å²) in [5.41, 5.74) is 3.30. The summed E-state index contributed by atoms with van der Waals surface area (Å²) in [6.07, 6.45) is 3.95. The molecule has 2 rings (SSSR count). The lowest BCUT2D eigenvalue weighted by Gasteiger charge is -2.08. The van der Waals surface area contributed by atoms with E-state index in [1.165, 1.54) is 24.6 Å². The summed E-state index contributed by atoms with van der Waals surface area (Å²) in [6.45, 7) is 2.05. The highest BCUT2D eigenvalue weighted by Gasteiger charge is 2.21. The molecule has 1 fully saturated rings. The van der Waals surface area contributed by atoms with Gasteiger partial charge in [-0.2, -0.15) is 0 Å². The Morgan fingerprint density at radius 2 is 2.23 bits per heavy atom. The highest BCUT2D eigenvalue weighted by molar-refractivity contribution is 5.86. The van der Waals surface area contributed by atoms with Crippen molar-refractivity contribution in [2.24, 2.45) is 0 Å². The molecule has 0 heterocycles. The van der Waals surface area contributed by atoms with Gasteiger partial charge in [0.2, 0.25) is 0 Å². The number of rotatable bonds is 3. The van der Waals surface area contributed by atoms with E-state index in [4.69, 9.17) is 5.41 Å². The summed E-state index contributed by atoms with van der Waals surface area (Å²) in [4.78, 5) is 0. The van der Waals surface area contributed by atoms with Crippen molar-refractivity contribution in [3.05, 3.63) is 29.3 Å². The van der Waals surface area contributed by atoms with Gasteiger partial charge in [-0.1, -0.05) is 11.6 Å². The van der Waals surface area contributed by atoms with Crippen molar-refractivity contribution in [1.82, 2.24) is 0 Å². The molecule has 2 heteroatoms. The summed E-state index contributed by atoms with van der Waals surface area (Å²) in [7, 11) is 0. The van der Waals surface area contributed by atoms with Crippen molar-refractivity contribution in [2.45, 2.75) is 25.8 Å². The average Bonchev–Trinajstić information content (AvgIpc) is 2.92. The van der Waals surface area contributed by atoms with Crippen molar-refractivity contribution in [3.8, 4) is 0 Å². The molecule has 0 atom stereocenters. The fraction of sp³-hybridized carbons (Fsp3) is 0.364. The number of hydrogen-bond donors (Lipinski definition) is 2. The van der Waals surface area contributed by atoms with Gasteiger partial charge in [-0.15, -0.1) is 0 Å². The smallest absolute Gasteiger partial charge is 0.0431 e. The van der Waals surface area contributed by atoms with Gasteiger partial charge in [0.1, 0.15) is 0 Å². The van der Waals surface area contributed by atoms with Crippen LogP contribution in [-0.4, -0.2) is 12.3 Å². The highest BCUT2D eigenvalue weighted by atomic mass is 15.0. The Bertz CT molecular complexity index is 327. The van der Waals surface area contributed by atoms with E-state index in [-0.39, 0.29) is 0 Å². The van der Waals surface area contributed by atoms with Gasteiger partial charge in [0.05, 0.1) is 0 Å². The van der Waals surface area contributed by atoms with Gasteiger partial charge in [-0.05, 0) is 31.9 Å². The Morgan fingerprint density at radius 3 is 2.85 bits per heavy atom. The molecule has 0 bridgehead atoms. The average molecular weight is 174 g/mol. The predicted octanol–water partition coefficient (Wildman–Crippen LogP) is 2.57. The van der Waals surface area contributed by atoms with Crippen LogP contribution in [0.25, 0.3) is 0 Å². The van der Waals surface area contributed by atoms with E-state index in [9.17, 15) is 0 Å². The SMILES string of the molecule is Cc1ccc(NC2CC2)c(C=N)c1. The number of anilines is 1. The van der Waals surface area contributed by atoms with E-state index in [1.807, 2.05) is 13.0 Å². The summed E-state index contributed by atoms with van der Waals surface area (Å²) in [6, 6.07) is 6.84. The fourth-order valence-corrected chi connectivity index (χ4v) is 1.38. The largest absolute Gasteiger partial charge is 0.382 e. The molecule has 0 saturated heterocycles. The maximum Gasteiger partial charge on any atom is 0.0431 e. The summed E-state index contributed by atoms with van der Waals surface area (Å²) in [5, 5.41) is 10.7. The minimum atomic E-state index is 0.654. The van der Waals surface area contributed by atoms with Gasteiger partial charge in [0.15, 0.2) is 0 Å². The van der Waals surface area contributed by atoms with E-state index in [1.54, 1.807) is 0 Å². The highest BCUT2D eigenvalue weighted by Crippen LogP contribution is 2.26. The van der Waals surface area contributed by atoms with Crippen LogP contribution in [0.15, 0.2) is 18.2 Å². The van der Waals surface area contributed by atoms with Gasteiger partial charge in [0, 0.05) is 23.5 Å². The van der Waals surface area contributed by atoms with E-state index in [2.05, 4.69) is 17.4 Å². The molecule has 0 aromatic heterocycles. The first-order valence-corrected chi connectivity index (χ1v) is 4.67. The van der Waals surface area contributed by atoms with Crippen molar-refractivity contribution in [2.75, 3.05) is 5.32 Å². The summed E-state index contributed by atoms with van der Waals surface area (Å²) < 4.78 is 0. The number of hydrogen-bond acceptors (Lipinski definition) is 2. The van der Waals surface area contributed by atoms with Gasteiger partial charge in [-0.3, -0.25) is 0 Å². The molecule has 0 radical (unpaired) electrons. The first-order chi connectivity index (χ1) is 6.29. The van der Waals surface area contributed by atoms with Crippen LogP contribution in [0.1, 0.15) is 24.0 Å². The zero-order valence-electron chi connectivity index (χ0n) is 7.80.